The number of benzene rings is 2. The summed E-state index contributed by atoms with van der Waals surface area (Å²) in [6.07, 6.45) is 5.25. The van der Waals surface area contributed by atoms with Gasteiger partial charge in [0.05, 0.1) is 22.9 Å². The van der Waals surface area contributed by atoms with Gasteiger partial charge in [-0.15, -0.1) is 0 Å². The van der Waals surface area contributed by atoms with Gasteiger partial charge in [-0.3, -0.25) is 9.78 Å². The second kappa shape index (κ2) is 10.0. The summed E-state index contributed by atoms with van der Waals surface area (Å²) in [5.74, 6) is -0.822. The minimum Gasteiger partial charge on any atom is -0.454 e. The summed E-state index contributed by atoms with van der Waals surface area (Å²) in [6, 6.07) is 19.6. The van der Waals surface area contributed by atoms with Gasteiger partial charge in [0.15, 0.2) is 6.61 Å². The minimum absolute atomic E-state index is 0.221. The van der Waals surface area contributed by atoms with Crippen LogP contribution in [0, 0.1) is 13.8 Å². The van der Waals surface area contributed by atoms with E-state index in [1.54, 1.807) is 6.20 Å². The molecule has 0 fully saturated rings. The highest BCUT2D eigenvalue weighted by Gasteiger charge is 2.17. The van der Waals surface area contributed by atoms with Gasteiger partial charge in [0.1, 0.15) is 0 Å². The average Bonchev–Trinajstić information content (AvgIpc) is 3.13. The summed E-state index contributed by atoms with van der Waals surface area (Å²) in [7, 11) is 0. The number of para-hydroxylation sites is 2. The second-order valence-electron chi connectivity index (χ2n) is 7.82. The van der Waals surface area contributed by atoms with Gasteiger partial charge in [-0.2, -0.15) is 0 Å². The van der Waals surface area contributed by atoms with Crippen molar-refractivity contribution in [1.82, 2.24) is 14.5 Å². The molecule has 0 N–H and O–H groups in total. The van der Waals surface area contributed by atoms with E-state index in [0.717, 1.165) is 35.4 Å². The molecular weight excluding hydrogens is 414 g/mol. The Morgan fingerprint density at radius 2 is 1.73 bits per heavy atom. The lowest BCUT2D eigenvalue weighted by Crippen LogP contribution is -2.14. The van der Waals surface area contributed by atoms with Crippen LogP contribution in [0.15, 0.2) is 72.9 Å². The molecule has 0 aliphatic carbocycles. The lowest BCUT2D eigenvalue weighted by Gasteiger charge is -2.10. The Labute approximate surface area is 192 Å². The molecule has 4 rings (SSSR count). The van der Waals surface area contributed by atoms with E-state index in [2.05, 4.69) is 26.7 Å². The van der Waals surface area contributed by atoms with Crippen LogP contribution in [0.25, 0.3) is 17.1 Å². The molecule has 0 radical (unpaired) electrons. The molecule has 0 saturated heterocycles. The SMILES string of the molecule is Cc1cc(C(=O)COC(=O)/C=C/c2cnc3ccccc3n2)c(C)n1CCc1ccccc1. The molecule has 6 heteroatoms. The molecule has 2 aromatic heterocycles. The Balaban J connectivity index is 1.35. The fourth-order valence-electron chi connectivity index (χ4n) is 3.78. The van der Waals surface area contributed by atoms with Crippen LogP contribution in [-0.4, -0.2) is 32.9 Å². The van der Waals surface area contributed by atoms with E-state index < -0.39 is 5.97 Å². The van der Waals surface area contributed by atoms with Crippen LogP contribution in [0.1, 0.15) is 33.0 Å². The van der Waals surface area contributed by atoms with Crippen molar-refractivity contribution in [3.63, 3.8) is 0 Å². The average molecular weight is 440 g/mol. The molecule has 33 heavy (non-hydrogen) atoms. The topological polar surface area (TPSA) is 74.1 Å². The van der Waals surface area contributed by atoms with E-state index in [1.807, 2.05) is 62.4 Å². The van der Waals surface area contributed by atoms with E-state index in [1.165, 1.54) is 17.7 Å². The van der Waals surface area contributed by atoms with Crippen molar-refractivity contribution < 1.29 is 14.3 Å². The van der Waals surface area contributed by atoms with E-state index in [0.29, 0.717) is 11.3 Å². The maximum absolute atomic E-state index is 12.7. The van der Waals surface area contributed by atoms with Crippen LogP contribution in [0.4, 0.5) is 0 Å². The fraction of sp³-hybridized carbons (Fsp3) is 0.185. The van der Waals surface area contributed by atoms with Crippen molar-refractivity contribution in [3.8, 4) is 0 Å². The number of carbonyl (C=O) groups excluding carboxylic acids is 2. The zero-order valence-electron chi connectivity index (χ0n) is 18.7. The molecule has 6 nitrogen and oxygen atoms in total. The Morgan fingerprint density at radius 3 is 2.52 bits per heavy atom. The minimum atomic E-state index is -0.601. The maximum Gasteiger partial charge on any atom is 0.331 e. The van der Waals surface area contributed by atoms with Gasteiger partial charge in [0.2, 0.25) is 5.78 Å². The third-order valence-corrected chi connectivity index (χ3v) is 5.54. The summed E-state index contributed by atoms with van der Waals surface area (Å²) in [6.45, 7) is 4.37. The summed E-state index contributed by atoms with van der Waals surface area (Å²) < 4.78 is 7.29. The number of aromatic nitrogens is 3. The van der Waals surface area contributed by atoms with E-state index in [4.69, 9.17) is 4.74 Å². The van der Waals surface area contributed by atoms with Crippen molar-refractivity contribution in [2.75, 3.05) is 6.61 Å². The molecule has 0 bridgehead atoms. The van der Waals surface area contributed by atoms with Gasteiger partial charge in [0, 0.05) is 29.6 Å². The fourth-order valence-corrected chi connectivity index (χ4v) is 3.78. The first-order chi connectivity index (χ1) is 16.0. The number of esters is 1. The molecule has 0 aliphatic heterocycles. The summed E-state index contributed by atoms with van der Waals surface area (Å²) >= 11 is 0. The lowest BCUT2D eigenvalue weighted by molar-refractivity contribution is -0.136. The molecule has 0 unspecified atom stereocenters. The van der Waals surface area contributed by atoms with Crippen LogP contribution >= 0.6 is 0 Å². The van der Waals surface area contributed by atoms with Gasteiger partial charge >= 0.3 is 5.97 Å². The Hall–Kier alpha value is -4.06. The van der Waals surface area contributed by atoms with Crippen LogP contribution in [-0.2, 0) is 22.5 Å². The van der Waals surface area contributed by atoms with Crippen molar-refractivity contribution in [2.45, 2.75) is 26.8 Å². The third kappa shape index (κ3) is 5.41. The summed E-state index contributed by atoms with van der Waals surface area (Å²) in [4.78, 5) is 33.5. The molecule has 166 valence electrons. The Bertz CT molecular complexity index is 1320. The standard InChI is InChI=1S/C27H25N3O3/c1-19-16-23(20(2)30(19)15-14-21-8-4-3-5-9-21)26(31)18-33-27(32)13-12-22-17-28-24-10-6-7-11-25(24)29-22/h3-13,16-17H,14-15,18H2,1-2H3/b13-12+. The lowest BCUT2D eigenvalue weighted by atomic mass is 10.1. The van der Waals surface area contributed by atoms with Crippen LogP contribution in [0.5, 0.6) is 0 Å². The second-order valence-corrected chi connectivity index (χ2v) is 7.82. The van der Waals surface area contributed by atoms with Crippen molar-refractivity contribution >= 4 is 28.9 Å². The predicted molar refractivity (Wildman–Crippen MR) is 128 cm³/mol. The molecule has 0 amide bonds. The van der Waals surface area contributed by atoms with Gasteiger partial charge in [-0.25, -0.2) is 9.78 Å². The van der Waals surface area contributed by atoms with Gasteiger partial charge < -0.3 is 9.30 Å². The molecule has 2 aromatic carbocycles. The molecule has 2 heterocycles. The molecule has 0 aliphatic rings. The first kappa shape index (κ1) is 22.1. The predicted octanol–water partition coefficient (Wildman–Crippen LogP) is 4.73. The highest BCUT2D eigenvalue weighted by atomic mass is 16.5. The van der Waals surface area contributed by atoms with Crippen molar-refractivity contribution in [2.24, 2.45) is 0 Å². The number of ketones is 1. The number of hydrogen-bond acceptors (Lipinski definition) is 5. The van der Waals surface area contributed by atoms with Crippen molar-refractivity contribution in [3.05, 3.63) is 101 Å². The maximum atomic E-state index is 12.7. The molecule has 0 saturated carbocycles. The van der Waals surface area contributed by atoms with Crippen LogP contribution in [0.2, 0.25) is 0 Å². The number of rotatable bonds is 8. The zero-order chi connectivity index (χ0) is 23.2. The number of fused-ring (bicyclic) bond motifs is 1. The Kier molecular flexibility index (Phi) is 6.74. The van der Waals surface area contributed by atoms with Crippen molar-refractivity contribution in [1.29, 1.82) is 0 Å². The smallest absolute Gasteiger partial charge is 0.331 e. The summed E-state index contributed by atoms with van der Waals surface area (Å²) in [5.41, 5.74) is 5.78. The quantitative estimate of drug-likeness (QED) is 0.225. The number of ether oxygens (including phenoxy) is 1. The van der Waals surface area contributed by atoms with E-state index in [9.17, 15) is 9.59 Å². The monoisotopic (exact) mass is 439 g/mol. The molecular formula is C27H25N3O3. The largest absolute Gasteiger partial charge is 0.454 e. The number of carbonyl (C=O) groups is 2. The molecule has 0 spiro atoms. The zero-order valence-corrected chi connectivity index (χ0v) is 18.7. The van der Waals surface area contributed by atoms with Gasteiger partial charge in [0.25, 0.3) is 0 Å². The third-order valence-electron chi connectivity index (χ3n) is 5.54. The number of aryl methyl sites for hydroxylation is 2. The molecule has 0 atom stereocenters. The first-order valence-electron chi connectivity index (χ1n) is 10.8. The normalized spacial score (nSPS) is 11.2. The number of nitrogens with zero attached hydrogens (tertiary/aromatic N) is 3. The van der Waals surface area contributed by atoms with E-state index >= 15 is 0 Å². The van der Waals surface area contributed by atoms with Gasteiger partial charge in [-0.05, 0) is 50.1 Å². The number of hydrogen-bond donors (Lipinski definition) is 0. The highest BCUT2D eigenvalue weighted by Crippen LogP contribution is 2.17. The summed E-state index contributed by atoms with van der Waals surface area (Å²) in [5, 5.41) is 0. The van der Waals surface area contributed by atoms with E-state index in [-0.39, 0.29) is 12.4 Å². The number of Topliss-reactive ketones (excluding diaryl/α,β-unsaturated/α-hetero) is 1. The van der Waals surface area contributed by atoms with Crippen LogP contribution in [0.3, 0.4) is 0 Å². The first-order valence-corrected chi connectivity index (χ1v) is 10.8. The van der Waals surface area contributed by atoms with Crippen LogP contribution < -0.4 is 0 Å². The molecule has 4 aromatic rings. The van der Waals surface area contributed by atoms with Gasteiger partial charge in [-0.1, -0.05) is 42.5 Å². The Morgan fingerprint density at radius 1 is 1.00 bits per heavy atom. The highest BCUT2D eigenvalue weighted by molar-refractivity contribution is 6.00.